The lowest BCUT2D eigenvalue weighted by molar-refractivity contribution is -0.124. The monoisotopic (exact) mass is 263 g/mol. The van der Waals surface area contributed by atoms with E-state index in [9.17, 15) is 4.79 Å². The van der Waals surface area contributed by atoms with E-state index < -0.39 is 5.54 Å². The first-order valence-corrected chi connectivity index (χ1v) is 6.00. The lowest BCUT2D eigenvalue weighted by atomic mass is 10.1. The van der Waals surface area contributed by atoms with Crippen molar-refractivity contribution < 1.29 is 15.0 Å². The van der Waals surface area contributed by atoms with Crippen molar-refractivity contribution in [3.63, 3.8) is 0 Å². The van der Waals surface area contributed by atoms with Gasteiger partial charge in [0.2, 0.25) is 5.91 Å². The second kappa shape index (κ2) is 5.38. The number of aliphatic hydroxyl groups is 2. The predicted octanol–water partition coefficient (Wildman–Crippen LogP) is -0.104. The van der Waals surface area contributed by atoms with Gasteiger partial charge in [-0.05, 0) is 19.1 Å². The zero-order valence-corrected chi connectivity index (χ0v) is 10.7. The largest absolute Gasteiger partial charge is 0.394 e. The molecule has 1 aromatic carbocycles. The van der Waals surface area contributed by atoms with Crippen molar-refractivity contribution in [2.24, 2.45) is 0 Å². The first-order valence-electron chi connectivity index (χ1n) is 6.00. The molecule has 102 valence electrons. The van der Waals surface area contributed by atoms with Crippen LogP contribution in [0, 0.1) is 0 Å². The van der Waals surface area contributed by atoms with E-state index in [-0.39, 0.29) is 25.7 Å². The zero-order chi connectivity index (χ0) is 13.9. The number of fused-ring (bicyclic) bond motifs is 1. The van der Waals surface area contributed by atoms with Gasteiger partial charge in [-0.2, -0.15) is 0 Å². The van der Waals surface area contributed by atoms with Crippen LogP contribution in [0.25, 0.3) is 11.0 Å². The fourth-order valence-electron chi connectivity index (χ4n) is 1.80. The average Bonchev–Trinajstić information content (AvgIpc) is 2.82. The quantitative estimate of drug-likeness (QED) is 0.702. The van der Waals surface area contributed by atoms with Gasteiger partial charge >= 0.3 is 0 Å². The normalized spacial score (nSPS) is 11.7. The molecule has 1 heterocycles. The molecule has 0 radical (unpaired) electrons. The Morgan fingerprint density at radius 1 is 1.37 bits per heavy atom. The highest BCUT2D eigenvalue weighted by molar-refractivity contribution is 5.80. The summed E-state index contributed by atoms with van der Waals surface area (Å²) in [6.07, 6.45) is 1.60. The van der Waals surface area contributed by atoms with Crippen molar-refractivity contribution in [3.05, 3.63) is 30.6 Å². The molecule has 0 saturated heterocycles. The lowest BCUT2D eigenvalue weighted by Gasteiger charge is -2.26. The Morgan fingerprint density at radius 3 is 2.74 bits per heavy atom. The third-order valence-corrected chi connectivity index (χ3v) is 2.98. The topological polar surface area (TPSA) is 87.4 Å². The van der Waals surface area contributed by atoms with Gasteiger partial charge in [0.05, 0.1) is 36.1 Å². The number of imidazole rings is 1. The minimum absolute atomic E-state index is 0.0934. The van der Waals surface area contributed by atoms with Crippen LogP contribution in [0.1, 0.15) is 6.92 Å². The van der Waals surface area contributed by atoms with Crippen molar-refractivity contribution in [2.75, 3.05) is 13.2 Å². The van der Waals surface area contributed by atoms with E-state index in [1.807, 2.05) is 24.3 Å². The van der Waals surface area contributed by atoms with Crippen LogP contribution in [0.4, 0.5) is 0 Å². The van der Waals surface area contributed by atoms with Crippen molar-refractivity contribution >= 4 is 16.9 Å². The van der Waals surface area contributed by atoms with Crippen LogP contribution in [-0.4, -0.2) is 44.4 Å². The summed E-state index contributed by atoms with van der Waals surface area (Å²) in [4.78, 5) is 16.1. The van der Waals surface area contributed by atoms with Gasteiger partial charge in [0.1, 0.15) is 6.54 Å². The smallest absolute Gasteiger partial charge is 0.240 e. The SMILES string of the molecule is CC(CO)(CO)NC(=O)Cn1cnc2ccccc21. The van der Waals surface area contributed by atoms with E-state index in [2.05, 4.69) is 10.3 Å². The van der Waals surface area contributed by atoms with Crippen molar-refractivity contribution in [2.45, 2.75) is 19.0 Å². The van der Waals surface area contributed by atoms with Crippen LogP contribution < -0.4 is 5.32 Å². The van der Waals surface area contributed by atoms with Crippen LogP contribution in [0.5, 0.6) is 0 Å². The molecule has 0 aliphatic rings. The minimum atomic E-state index is -1.01. The molecule has 2 aromatic rings. The number of rotatable bonds is 5. The number of carbonyl (C=O) groups is 1. The van der Waals surface area contributed by atoms with Gasteiger partial charge in [0, 0.05) is 0 Å². The molecule has 0 aliphatic carbocycles. The van der Waals surface area contributed by atoms with Crippen LogP contribution >= 0.6 is 0 Å². The van der Waals surface area contributed by atoms with Crippen molar-refractivity contribution in [3.8, 4) is 0 Å². The predicted molar refractivity (Wildman–Crippen MR) is 70.5 cm³/mol. The Kier molecular flexibility index (Phi) is 3.82. The molecule has 19 heavy (non-hydrogen) atoms. The summed E-state index contributed by atoms with van der Waals surface area (Å²) in [5, 5.41) is 20.9. The number of para-hydroxylation sites is 2. The molecule has 0 spiro atoms. The standard InChI is InChI=1S/C13H17N3O3/c1-13(7-17,8-18)15-12(19)6-16-9-14-10-4-2-3-5-11(10)16/h2-5,9,17-18H,6-8H2,1H3,(H,15,19). The number of benzene rings is 1. The summed E-state index contributed by atoms with van der Waals surface area (Å²) < 4.78 is 1.72. The van der Waals surface area contributed by atoms with Gasteiger partial charge < -0.3 is 20.1 Å². The molecule has 0 atom stereocenters. The number of hydrogen-bond acceptors (Lipinski definition) is 4. The molecular formula is C13H17N3O3. The third kappa shape index (κ3) is 2.91. The van der Waals surface area contributed by atoms with Crippen LogP contribution in [-0.2, 0) is 11.3 Å². The van der Waals surface area contributed by atoms with Gasteiger partial charge in [0.15, 0.2) is 0 Å². The molecule has 6 nitrogen and oxygen atoms in total. The van der Waals surface area contributed by atoms with Crippen molar-refractivity contribution in [1.29, 1.82) is 0 Å². The van der Waals surface area contributed by atoms with E-state index >= 15 is 0 Å². The Labute approximate surface area is 110 Å². The minimum Gasteiger partial charge on any atom is -0.394 e. The highest BCUT2D eigenvalue weighted by Crippen LogP contribution is 2.11. The number of nitrogens with one attached hydrogen (secondary N) is 1. The van der Waals surface area contributed by atoms with Crippen LogP contribution in [0.15, 0.2) is 30.6 Å². The molecule has 1 amide bonds. The van der Waals surface area contributed by atoms with Gasteiger partial charge in [0.25, 0.3) is 0 Å². The molecule has 0 unspecified atom stereocenters. The van der Waals surface area contributed by atoms with Crippen LogP contribution in [0.2, 0.25) is 0 Å². The van der Waals surface area contributed by atoms with Crippen LogP contribution in [0.3, 0.4) is 0 Å². The molecule has 0 bridgehead atoms. The van der Waals surface area contributed by atoms with Crippen molar-refractivity contribution in [1.82, 2.24) is 14.9 Å². The van der Waals surface area contributed by atoms with Gasteiger partial charge in [-0.25, -0.2) is 4.98 Å². The fraction of sp³-hybridized carbons (Fsp3) is 0.385. The molecular weight excluding hydrogens is 246 g/mol. The Hall–Kier alpha value is -1.92. The number of hydrogen-bond donors (Lipinski definition) is 3. The molecule has 0 saturated carbocycles. The summed E-state index contributed by atoms with van der Waals surface area (Å²) in [7, 11) is 0. The molecule has 3 N–H and O–H groups in total. The summed E-state index contributed by atoms with van der Waals surface area (Å²) >= 11 is 0. The highest BCUT2D eigenvalue weighted by atomic mass is 16.3. The fourth-order valence-corrected chi connectivity index (χ4v) is 1.80. The number of aliphatic hydroxyl groups excluding tert-OH is 2. The maximum absolute atomic E-state index is 11.9. The molecule has 0 aliphatic heterocycles. The molecule has 0 fully saturated rings. The van der Waals surface area contributed by atoms with E-state index in [0.717, 1.165) is 11.0 Å². The maximum Gasteiger partial charge on any atom is 0.240 e. The Balaban J connectivity index is 2.11. The average molecular weight is 263 g/mol. The summed E-state index contributed by atoms with van der Waals surface area (Å²) in [6, 6.07) is 7.51. The Bertz CT molecular complexity index is 575. The Morgan fingerprint density at radius 2 is 2.05 bits per heavy atom. The lowest BCUT2D eigenvalue weighted by Crippen LogP contribution is -2.52. The summed E-state index contributed by atoms with van der Waals surface area (Å²) in [5.41, 5.74) is 0.683. The molecule has 1 aromatic heterocycles. The molecule has 2 rings (SSSR count). The molecule has 6 heteroatoms. The van der Waals surface area contributed by atoms with E-state index in [1.165, 1.54) is 0 Å². The zero-order valence-electron chi connectivity index (χ0n) is 10.7. The number of nitrogens with zero attached hydrogens (tertiary/aromatic N) is 2. The highest BCUT2D eigenvalue weighted by Gasteiger charge is 2.24. The van der Waals surface area contributed by atoms with E-state index in [1.54, 1.807) is 17.8 Å². The maximum atomic E-state index is 11.9. The number of aromatic nitrogens is 2. The summed E-state index contributed by atoms with van der Waals surface area (Å²) in [6.45, 7) is 1.03. The second-order valence-electron chi connectivity index (χ2n) is 4.79. The second-order valence-corrected chi connectivity index (χ2v) is 4.79. The first kappa shape index (κ1) is 13.5. The summed E-state index contributed by atoms with van der Waals surface area (Å²) in [5.74, 6) is -0.284. The van der Waals surface area contributed by atoms with Gasteiger partial charge in [-0.1, -0.05) is 12.1 Å². The number of carbonyl (C=O) groups excluding carboxylic acids is 1. The van der Waals surface area contributed by atoms with E-state index in [0.29, 0.717) is 0 Å². The first-order chi connectivity index (χ1) is 9.08. The third-order valence-electron chi connectivity index (χ3n) is 2.98. The number of amides is 1. The van der Waals surface area contributed by atoms with Gasteiger partial charge in [-0.3, -0.25) is 4.79 Å². The van der Waals surface area contributed by atoms with E-state index in [4.69, 9.17) is 10.2 Å². The van der Waals surface area contributed by atoms with Gasteiger partial charge in [-0.15, -0.1) is 0 Å².